The summed E-state index contributed by atoms with van der Waals surface area (Å²) in [5.74, 6) is 26.3. The molecular formula is C131H176N4O10. The van der Waals surface area contributed by atoms with Crippen LogP contribution in [0.5, 0.6) is 0 Å². The van der Waals surface area contributed by atoms with Gasteiger partial charge in [0.1, 0.15) is 23.3 Å². The molecule has 0 amide bonds. The van der Waals surface area contributed by atoms with Gasteiger partial charge in [-0.1, -0.05) is 174 Å². The van der Waals surface area contributed by atoms with Crippen LogP contribution in [0.3, 0.4) is 0 Å². The van der Waals surface area contributed by atoms with Crippen LogP contribution in [0.25, 0.3) is 27.1 Å². The maximum atomic E-state index is 12.4. The summed E-state index contributed by atoms with van der Waals surface area (Å²) in [7, 11) is 0. The largest absolute Gasteiger partial charge is 0.347 e. The zero-order valence-electron chi connectivity index (χ0n) is 91.5. The van der Waals surface area contributed by atoms with Crippen LogP contribution in [-0.4, -0.2) is 73.0 Å². The van der Waals surface area contributed by atoms with Crippen molar-refractivity contribution in [1.82, 2.24) is 0 Å². The predicted molar refractivity (Wildman–Crippen MR) is 569 cm³/mol. The van der Waals surface area contributed by atoms with Gasteiger partial charge in [-0.05, 0) is 426 Å². The summed E-state index contributed by atoms with van der Waals surface area (Å²) in [5, 5.41) is 28.7. The van der Waals surface area contributed by atoms with E-state index in [9.17, 15) is 44.6 Å². The molecule has 2 spiro atoms. The van der Waals surface area contributed by atoms with E-state index in [1.165, 1.54) is 170 Å². The number of nitriles is 3. The van der Waals surface area contributed by atoms with E-state index in [-0.39, 0.29) is 82.4 Å². The summed E-state index contributed by atoms with van der Waals surface area (Å²) in [6.07, 6.45) is 36.1. The van der Waals surface area contributed by atoms with Crippen LogP contribution in [0.2, 0.25) is 0 Å². The Bertz CT molecular complexity index is 5290. The first-order chi connectivity index (χ1) is 69.4. The number of hydrogen-bond donors (Lipinski definition) is 0. The maximum Gasteiger partial charge on any atom is 0.242 e. The van der Waals surface area contributed by atoms with Crippen molar-refractivity contribution in [3.05, 3.63) is 129 Å². The highest BCUT2D eigenvalue weighted by molar-refractivity contribution is 6.39. The molecule has 0 aromatic heterocycles. The molecule has 0 radical (unpaired) electrons. The lowest BCUT2D eigenvalue weighted by Crippen LogP contribution is -2.43. The minimum atomic E-state index is -0.664. The van der Waals surface area contributed by atoms with Crippen molar-refractivity contribution in [2.24, 2.45) is 254 Å². The van der Waals surface area contributed by atoms with Crippen molar-refractivity contribution < 1.29 is 47.7 Å². The average Bonchev–Trinajstić information content (AvgIpc) is 1.53. The first-order valence-corrected chi connectivity index (χ1v) is 59.2. The molecule has 2 saturated heterocycles. The fourth-order valence-corrected chi connectivity index (χ4v) is 38.8. The zero-order valence-corrected chi connectivity index (χ0v) is 91.5. The maximum absolute atomic E-state index is 12.4. The molecule has 2 heterocycles. The van der Waals surface area contributed by atoms with E-state index < -0.39 is 5.79 Å². The van der Waals surface area contributed by atoms with Gasteiger partial charge in [0, 0.05) is 87.4 Å². The molecule has 22 aliphatic carbocycles. The lowest BCUT2D eigenvalue weighted by atomic mass is 9.59. The van der Waals surface area contributed by atoms with E-state index in [2.05, 4.69) is 182 Å². The molecule has 145 heavy (non-hydrogen) atoms. The smallest absolute Gasteiger partial charge is 0.242 e. The Labute approximate surface area is 871 Å². The highest BCUT2D eigenvalue weighted by Crippen LogP contribution is 2.68. The van der Waals surface area contributed by atoms with Crippen molar-refractivity contribution in [3.8, 4) is 40.5 Å². The van der Waals surface area contributed by atoms with Crippen LogP contribution in [0, 0.1) is 323 Å². The SMILES string of the molecule is CC1CC2C(=O)C(=O)C3CC(C)CC3C2C1.CC1CC2C(=O)C3CC(C)CC3C(=O)C2C1.CC1CC2C(=O)C3CC(C)CC3C2C1.CC1CC2C(C#N)C3CC(C)CC3C(C#N)C2C1.CC1CC2C3CC(C)CC3C3(OCCO3)C2C1.CC1CCC2CC(C)CC2C1.Cc1ccc2c(c1)C(=O)c1cc(C)ccc1-2.Cc1ccc2c(c1)C1(OCCO1)c1cc(C)ccc1-2.[C-]#[N+]C1C(C#N)C2CC(C)CC2C2CC(C)CC21. The number of carbonyl (C=O) groups is 6. The standard InChI is InChI=1S/C17H16O2.2C16H22N2.C15H24O2.C15H12O.2C14H20O2.C13H20O.C11H20/c1-11-3-5-13-14-6-4-12(2)10-16(14)17(15(13)9-11)18-7-8-19-17;1-9-4-11-12-5-10(2)7-14(12)16(18-3)15(8-17)13(11)6-9;1-9-3-11-12(4-9)16(8-18)14-6-10(2)5-13(14)15(11)7-17;1-9-5-11-12-6-10(2)8-14(12)15(13(11)7-9)16-3-4-17-15;1-9-3-5-11-12-6-4-10(2)8-14(12)15(16)13(11)7-9;1-7-3-9-10-4-8(2)6-12(10)14(16)13(15)11(9)5-7;1-7-3-9-10(4-7)14(16)12-6-8(2)5-11(12)13(9)15;1-7-3-9-10-4-8(2)6-12(10)13(14)11(9)5-7;1-8-3-4-10-6-9(2)7-11(10)5-8/h3-6,9-10H,7-8H2,1-2H3;9-16H,4-7H2,1-2H3;9-16H,3-6H2,1-2H3;9-14H,3-8H2,1-2H3;3-8H,1-2H3;2*7-12H,3-6H2,1-2H3;7-12H,3-6H2,1-2H3;8-11H,3-7H2,1-2H3. The van der Waals surface area contributed by atoms with Crippen LogP contribution < -0.4 is 0 Å². The number of ketones is 6. The van der Waals surface area contributed by atoms with Gasteiger partial charge in [0.25, 0.3) is 0 Å². The normalized spacial score (nSPS) is 44.5. The van der Waals surface area contributed by atoms with Crippen LogP contribution >= 0.6 is 0 Å². The van der Waals surface area contributed by atoms with E-state index in [1.54, 1.807) is 0 Å². The highest BCUT2D eigenvalue weighted by Gasteiger charge is 2.69. The monoisotopic (exact) mass is 1970 g/mol. The Balaban J connectivity index is 0.0000000997. The molecular weight excluding hydrogens is 1790 g/mol. The number of fused-ring (bicyclic) bond motifs is 27. The first-order valence-electron chi connectivity index (χ1n) is 59.2. The third-order valence-corrected chi connectivity index (χ3v) is 44.1. The Kier molecular flexibility index (Phi) is 30.6. The summed E-state index contributed by atoms with van der Waals surface area (Å²) < 4.78 is 24.5. The lowest BCUT2D eigenvalue weighted by Gasteiger charge is -2.42. The summed E-state index contributed by atoms with van der Waals surface area (Å²) >= 11 is 0. The fraction of sp³-hybridized carbons (Fsp3) is 0.740. The molecule has 28 rings (SSSR count). The van der Waals surface area contributed by atoms with Gasteiger partial charge < -0.3 is 23.8 Å². The molecule has 24 aliphatic rings. The van der Waals surface area contributed by atoms with Crippen molar-refractivity contribution in [2.75, 3.05) is 26.4 Å². The van der Waals surface area contributed by atoms with Gasteiger partial charge in [-0.2, -0.15) is 15.8 Å². The van der Waals surface area contributed by atoms with Gasteiger partial charge in [0.15, 0.2) is 11.6 Å². The number of aryl methyl sites for hydroxylation is 4. The number of ether oxygens (including phenoxy) is 4. The molecule has 38 unspecified atom stereocenters. The van der Waals surface area contributed by atoms with Gasteiger partial charge in [0.05, 0.1) is 56.5 Å². The number of carbonyl (C=O) groups excluding carboxylic acids is 6. The van der Waals surface area contributed by atoms with Crippen molar-refractivity contribution in [2.45, 2.75) is 328 Å². The molecule has 20 saturated carbocycles. The van der Waals surface area contributed by atoms with Crippen LogP contribution in [0.15, 0.2) is 72.8 Å². The van der Waals surface area contributed by atoms with Gasteiger partial charge in [0.2, 0.25) is 23.4 Å². The zero-order chi connectivity index (χ0) is 102. The molecule has 2 aliphatic heterocycles. The second kappa shape index (κ2) is 42.4. The molecule has 4 aromatic carbocycles. The van der Waals surface area contributed by atoms with Gasteiger partial charge in [-0.3, -0.25) is 28.8 Å². The molecule has 0 bridgehead atoms. The molecule has 22 fully saturated rings. The van der Waals surface area contributed by atoms with Crippen LogP contribution in [0.1, 0.15) is 332 Å². The lowest BCUT2D eigenvalue weighted by molar-refractivity contribution is -0.213. The number of rotatable bonds is 0. The number of nitrogens with zero attached hydrogens (tertiary/aromatic N) is 4. The average molecular weight is 1970 g/mol. The third-order valence-electron chi connectivity index (χ3n) is 44.1. The van der Waals surface area contributed by atoms with E-state index in [1.807, 2.05) is 38.1 Å². The van der Waals surface area contributed by atoms with Crippen molar-refractivity contribution in [1.29, 1.82) is 15.8 Å². The van der Waals surface area contributed by atoms with Crippen LogP contribution in [-0.2, 0) is 48.7 Å². The topological polar surface area (TPSA) is 215 Å². The summed E-state index contributed by atoms with van der Waals surface area (Å²) in [6, 6.07) is 33.0. The minimum Gasteiger partial charge on any atom is -0.347 e. The van der Waals surface area contributed by atoms with Gasteiger partial charge in [-0.15, -0.1) is 0 Å². The molecule has 14 heteroatoms. The summed E-state index contributed by atoms with van der Waals surface area (Å²) in [5.41, 5.74) is 13.4. The Morgan fingerprint density at radius 2 is 0.559 bits per heavy atom. The predicted octanol–water partition coefficient (Wildman–Crippen LogP) is 28.8. The Morgan fingerprint density at radius 1 is 0.276 bits per heavy atom. The van der Waals surface area contributed by atoms with E-state index in [0.29, 0.717) is 137 Å². The molecule has 14 nitrogen and oxygen atoms in total. The molecule has 38 atom stereocenters. The summed E-state index contributed by atoms with van der Waals surface area (Å²) in [6.45, 7) is 51.1. The number of Topliss-reactive ketones (excluding diaryl/α,β-unsaturated/α-hetero) is 5. The number of hydrogen-bond acceptors (Lipinski definition) is 13. The van der Waals surface area contributed by atoms with E-state index >= 15 is 0 Å². The van der Waals surface area contributed by atoms with Crippen molar-refractivity contribution >= 4 is 34.7 Å². The minimum absolute atomic E-state index is 0.00324. The first kappa shape index (κ1) is 105. The van der Waals surface area contributed by atoms with Gasteiger partial charge in [-0.25, -0.2) is 6.57 Å². The molecule has 780 valence electrons. The van der Waals surface area contributed by atoms with Crippen LogP contribution in [0.4, 0.5) is 0 Å². The fourth-order valence-electron chi connectivity index (χ4n) is 38.8. The second-order valence-corrected chi connectivity index (χ2v) is 55.1. The van der Waals surface area contributed by atoms with Gasteiger partial charge >= 0.3 is 0 Å². The second-order valence-electron chi connectivity index (χ2n) is 55.1. The Hall–Kier alpha value is -7.30. The third kappa shape index (κ3) is 19.6. The van der Waals surface area contributed by atoms with E-state index in [4.69, 9.17) is 25.5 Å². The molecule has 4 aromatic rings. The number of benzene rings is 4. The van der Waals surface area contributed by atoms with E-state index in [0.717, 1.165) is 191 Å². The Morgan fingerprint density at radius 3 is 0.959 bits per heavy atom. The van der Waals surface area contributed by atoms with Crippen molar-refractivity contribution in [3.63, 3.8) is 0 Å². The molecule has 0 N–H and O–H groups in total. The quantitative estimate of drug-likeness (QED) is 0.104. The summed E-state index contributed by atoms with van der Waals surface area (Å²) in [4.78, 5) is 77.1. The highest BCUT2D eigenvalue weighted by atomic mass is 16.7.